The van der Waals surface area contributed by atoms with Gasteiger partial charge in [-0.25, -0.2) is 4.98 Å². The number of nitrogens with one attached hydrogen (secondary N) is 1. The summed E-state index contributed by atoms with van der Waals surface area (Å²) in [5.41, 5.74) is 1.81. The number of hydrogen-bond donors (Lipinski definition) is 1. The SMILES string of the molecule is CCN1C(=O)C(CC(=O)Nc2cccc(C)c2)S/C1=N/c1nccs1. The van der Waals surface area contributed by atoms with Gasteiger partial charge in [0.05, 0.1) is 0 Å². The lowest BCUT2D eigenvalue weighted by Crippen LogP contribution is -2.33. The van der Waals surface area contributed by atoms with Gasteiger partial charge in [0.25, 0.3) is 0 Å². The van der Waals surface area contributed by atoms with Crippen LogP contribution in [0.15, 0.2) is 40.8 Å². The molecule has 1 aliphatic heterocycles. The topological polar surface area (TPSA) is 74.7 Å². The molecular weight excluding hydrogens is 356 g/mol. The van der Waals surface area contributed by atoms with Crippen molar-refractivity contribution < 1.29 is 9.59 Å². The Morgan fingerprint density at radius 2 is 2.28 bits per heavy atom. The Balaban J connectivity index is 1.68. The molecule has 1 unspecified atom stereocenters. The third kappa shape index (κ3) is 4.26. The van der Waals surface area contributed by atoms with Crippen molar-refractivity contribution in [3.8, 4) is 0 Å². The van der Waals surface area contributed by atoms with E-state index in [0.29, 0.717) is 16.8 Å². The number of benzene rings is 1. The van der Waals surface area contributed by atoms with Gasteiger partial charge in [-0.3, -0.25) is 14.5 Å². The summed E-state index contributed by atoms with van der Waals surface area (Å²) in [5, 5.41) is 5.45. The van der Waals surface area contributed by atoms with Crippen LogP contribution in [0.2, 0.25) is 0 Å². The van der Waals surface area contributed by atoms with Gasteiger partial charge < -0.3 is 5.32 Å². The summed E-state index contributed by atoms with van der Waals surface area (Å²) in [4.78, 5) is 35.0. The van der Waals surface area contributed by atoms with Gasteiger partial charge in [-0.2, -0.15) is 4.99 Å². The Kier molecular flexibility index (Phi) is 5.50. The number of thioether (sulfide) groups is 1. The summed E-state index contributed by atoms with van der Waals surface area (Å²) >= 11 is 2.74. The summed E-state index contributed by atoms with van der Waals surface area (Å²) in [6.45, 7) is 4.38. The van der Waals surface area contributed by atoms with Crippen molar-refractivity contribution in [2.75, 3.05) is 11.9 Å². The van der Waals surface area contributed by atoms with Crippen molar-refractivity contribution in [3.63, 3.8) is 0 Å². The number of thiazole rings is 1. The molecule has 130 valence electrons. The van der Waals surface area contributed by atoms with E-state index in [-0.39, 0.29) is 18.2 Å². The van der Waals surface area contributed by atoms with Crippen LogP contribution in [-0.2, 0) is 9.59 Å². The molecule has 1 fully saturated rings. The first kappa shape index (κ1) is 17.6. The van der Waals surface area contributed by atoms with E-state index >= 15 is 0 Å². The summed E-state index contributed by atoms with van der Waals surface area (Å²) in [6, 6.07) is 7.59. The highest BCUT2D eigenvalue weighted by Crippen LogP contribution is 2.32. The van der Waals surface area contributed by atoms with Crippen LogP contribution < -0.4 is 5.32 Å². The molecule has 2 aromatic rings. The minimum absolute atomic E-state index is 0.0813. The molecule has 1 aromatic carbocycles. The number of aliphatic imine (C=N–C) groups is 1. The monoisotopic (exact) mass is 374 g/mol. The minimum Gasteiger partial charge on any atom is -0.326 e. The van der Waals surface area contributed by atoms with E-state index in [1.165, 1.54) is 23.1 Å². The number of aryl methyl sites for hydroxylation is 1. The number of hydrogen-bond acceptors (Lipinski definition) is 6. The molecule has 3 rings (SSSR count). The molecule has 1 atom stereocenters. The average molecular weight is 374 g/mol. The van der Waals surface area contributed by atoms with Gasteiger partial charge >= 0.3 is 0 Å². The molecule has 1 aliphatic rings. The molecule has 8 heteroatoms. The standard InChI is InChI=1S/C17H18N4O2S2/c1-3-21-15(23)13(25-17(21)20-16-18-7-8-24-16)10-14(22)19-12-6-4-5-11(2)9-12/h4-9,13H,3,10H2,1-2H3,(H,19,22)/b20-17+. The number of rotatable bonds is 5. The second-order valence-electron chi connectivity index (χ2n) is 5.52. The van der Waals surface area contributed by atoms with E-state index in [4.69, 9.17) is 0 Å². The number of amidine groups is 1. The highest BCUT2D eigenvalue weighted by atomic mass is 32.2. The zero-order chi connectivity index (χ0) is 17.8. The molecule has 1 saturated heterocycles. The third-order valence-electron chi connectivity index (χ3n) is 3.62. The van der Waals surface area contributed by atoms with Crippen LogP contribution in [0.5, 0.6) is 0 Å². The fourth-order valence-electron chi connectivity index (χ4n) is 2.47. The van der Waals surface area contributed by atoms with Crippen LogP contribution in [-0.4, -0.2) is 38.7 Å². The second-order valence-corrected chi connectivity index (χ2v) is 7.56. The summed E-state index contributed by atoms with van der Waals surface area (Å²) in [6.07, 6.45) is 1.79. The second kappa shape index (κ2) is 7.79. The largest absolute Gasteiger partial charge is 0.326 e. The van der Waals surface area contributed by atoms with Gasteiger partial charge in [0.15, 0.2) is 5.17 Å². The normalized spacial score (nSPS) is 18.8. The number of aromatic nitrogens is 1. The molecule has 1 aromatic heterocycles. The molecule has 0 spiro atoms. The first-order chi connectivity index (χ1) is 12.1. The van der Waals surface area contributed by atoms with Crippen LogP contribution >= 0.6 is 23.1 Å². The summed E-state index contributed by atoms with van der Waals surface area (Å²) in [7, 11) is 0. The van der Waals surface area contributed by atoms with Crippen molar-refractivity contribution in [1.82, 2.24) is 9.88 Å². The van der Waals surface area contributed by atoms with Gasteiger partial charge in [0.1, 0.15) is 5.25 Å². The quantitative estimate of drug-likeness (QED) is 0.870. The molecule has 2 heterocycles. The fraction of sp³-hybridized carbons (Fsp3) is 0.294. The Hall–Kier alpha value is -2.19. The van der Waals surface area contributed by atoms with Crippen molar-refractivity contribution in [2.45, 2.75) is 25.5 Å². The molecule has 0 radical (unpaired) electrons. The zero-order valence-electron chi connectivity index (χ0n) is 13.9. The van der Waals surface area contributed by atoms with E-state index in [9.17, 15) is 9.59 Å². The predicted octanol–water partition coefficient (Wildman–Crippen LogP) is 3.43. The maximum atomic E-state index is 12.5. The first-order valence-corrected chi connectivity index (χ1v) is 9.65. The van der Waals surface area contributed by atoms with Gasteiger partial charge in [0, 0.05) is 30.2 Å². The lowest BCUT2D eigenvalue weighted by molar-refractivity contribution is -0.128. The lowest BCUT2D eigenvalue weighted by Gasteiger charge is -2.12. The van der Waals surface area contributed by atoms with Crippen LogP contribution in [0.25, 0.3) is 0 Å². The van der Waals surface area contributed by atoms with E-state index in [2.05, 4.69) is 15.3 Å². The molecule has 0 aliphatic carbocycles. The van der Waals surface area contributed by atoms with Gasteiger partial charge in [-0.05, 0) is 31.5 Å². The Morgan fingerprint density at radius 1 is 1.44 bits per heavy atom. The Morgan fingerprint density at radius 3 is 2.96 bits per heavy atom. The molecular formula is C17H18N4O2S2. The van der Waals surface area contributed by atoms with E-state index in [1.54, 1.807) is 11.1 Å². The van der Waals surface area contributed by atoms with Crippen molar-refractivity contribution in [2.24, 2.45) is 4.99 Å². The Bertz CT molecular complexity index is 805. The summed E-state index contributed by atoms with van der Waals surface area (Å²) < 4.78 is 0. The number of nitrogens with zero attached hydrogens (tertiary/aromatic N) is 3. The van der Waals surface area contributed by atoms with Crippen molar-refractivity contribution in [3.05, 3.63) is 41.4 Å². The maximum Gasteiger partial charge on any atom is 0.242 e. The smallest absolute Gasteiger partial charge is 0.242 e. The first-order valence-electron chi connectivity index (χ1n) is 7.89. The molecule has 2 amide bonds. The van der Waals surface area contributed by atoms with Crippen LogP contribution in [0.1, 0.15) is 18.9 Å². The van der Waals surface area contributed by atoms with Gasteiger partial charge in [0.2, 0.25) is 16.9 Å². The number of anilines is 1. The van der Waals surface area contributed by atoms with Crippen LogP contribution in [0.3, 0.4) is 0 Å². The predicted molar refractivity (Wildman–Crippen MR) is 102 cm³/mol. The highest BCUT2D eigenvalue weighted by molar-refractivity contribution is 8.15. The van der Waals surface area contributed by atoms with Crippen LogP contribution in [0.4, 0.5) is 10.8 Å². The number of carbonyl (C=O) groups is 2. The van der Waals surface area contributed by atoms with Crippen molar-refractivity contribution in [1.29, 1.82) is 0 Å². The van der Waals surface area contributed by atoms with Gasteiger partial charge in [-0.15, -0.1) is 11.3 Å². The molecule has 0 bridgehead atoms. The lowest BCUT2D eigenvalue weighted by atomic mass is 10.2. The molecule has 0 saturated carbocycles. The third-order valence-corrected chi connectivity index (χ3v) is 5.46. The van der Waals surface area contributed by atoms with Crippen LogP contribution in [0, 0.1) is 6.92 Å². The Labute approximate surface area is 154 Å². The van der Waals surface area contributed by atoms with E-state index in [0.717, 1.165) is 11.3 Å². The molecule has 6 nitrogen and oxygen atoms in total. The van der Waals surface area contributed by atoms with E-state index in [1.807, 2.05) is 43.5 Å². The number of carbonyl (C=O) groups excluding carboxylic acids is 2. The summed E-state index contributed by atoms with van der Waals surface area (Å²) in [5.74, 6) is -0.259. The fourth-order valence-corrected chi connectivity index (χ4v) is 4.24. The average Bonchev–Trinajstić information content (AvgIpc) is 3.16. The zero-order valence-corrected chi connectivity index (χ0v) is 15.6. The molecule has 25 heavy (non-hydrogen) atoms. The molecule has 1 N–H and O–H groups in total. The van der Waals surface area contributed by atoms with Gasteiger partial charge in [-0.1, -0.05) is 23.9 Å². The highest BCUT2D eigenvalue weighted by Gasteiger charge is 2.38. The number of amides is 2. The van der Waals surface area contributed by atoms with E-state index < -0.39 is 5.25 Å². The maximum absolute atomic E-state index is 12.5. The minimum atomic E-state index is -0.455. The van der Waals surface area contributed by atoms with Crippen molar-refractivity contribution >= 4 is 50.9 Å².